The van der Waals surface area contributed by atoms with E-state index in [1.807, 2.05) is 0 Å². The molecule has 29 heavy (non-hydrogen) atoms. The van der Waals surface area contributed by atoms with Crippen molar-refractivity contribution in [1.82, 2.24) is 5.32 Å². The molecule has 1 heterocycles. The first-order chi connectivity index (χ1) is 13.7. The van der Waals surface area contributed by atoms with Crippen molar-refractivity contribution in [2.24, 2.45) is 0 Å². The number of para-hydroxylation sites is 1. The van der Waals surface area contributed by atoms with Gasteiger partial charge in [-0.3, -0.25) is 14.9 Å². The number of thioether (sulfide) groups is 1. The summed E-state index contributed by atoms with van der Waals surface area (Å²) in [6.07, 6.45) is -4.56. The molecule has 0 aliphatic carbocycles. The van der Waals surface area contributed by atoms with Crippen LogP contribution in [0.4, 0.5) is 18.9 Å². The second-order valence-corrected chi connectivity index (χ2v) is 7.17. The standard InChI is InChI=1S/C19H15F3N2O4S/c1-23-18-14(10-5-3-6-11(9-10)19(20,21)22)16(25)17(29-18)12-7-4-8-13(28-2)15(12)24(26)27/h3-9,17,23H,1-2H3. The number of nitro groups is 1. The van der Waals surface area contributed by atoms with Gasteiger partial charge in [-0.15, -0.1) is 0 Å². The number of halogens is 3. The molecule has 0 spiro atoms. The molecule has 1 N–H and O–H groups in total. The number of Topliss-reactive ketones (excluding diaryl/α,β-unsaturated/α-hetero) is 1. The molecule has 0 fully saturated rings. The molecule has 2 aromatic rings. The van der Waals surface area contributed by atoms with Gasteiger partial charge >= 0.3 is 11.9 Å². The second-order valence-electron chi connectivity index (χ2n) is 6.05. The molecular weight excluding hydrogens is 409 g/mol. The lowest BCUT2D eigenvalue weighted by molar-refractivity contribution is -0.386. The molecule has 1 aliphatic heterocycles. The molecule has 1 atom stereocenters. The topological polar surface area (TPSA) is 81.5 Å². The molecule has 0 saturated heterocycles. The highest BCUT2D eigenvalue weighted by molar-refractivity contribution is 8.04. The molecule has 0 saturated carbocycles. The van der Waals surface area contributed by atoms with Crippen LogP contribution in [0.25, 0.3) is 5.57 Å². The molecule has 0 bridgehead atoms. The maximum atomic E-state index is 13.1. The normalized spacial score (nSPS) is 16.9. The van der Waals surface area contributed by atoms with Gasteiger partial charge in [-0.2, -0.15) is 13.2 Å². The van der Waals surface area contributed by atoms with E-state index >= 15 is 0 Å². The molecule has 1 unspecified atom stereocenters. The second kappa shape index (κ2) is 7.78. The molecule has 10 heteroatoms. The van der Waals surface area contributed by atoms with Crippen molar-refractivity contribution >= 4 is 28.8 Å². The highest BCUT2D eigenvalue weighted by Gasteiger charge is 2.41. The number of nitrogens with one attached hydrogen (secondary N) is 1. The van der Waals surface area contributed by atoms with E-state index in [1.54, 1.807) is 0 Å². The summed E-state index contributed by atoms with van der Waals surface area (Å²) in [5.41, 5.74) is -0.951. The maximum Gasteiger partial charge on any atom is 0.416 e. The number of hydrogen-bond acceptors (Lipinski definition) is 6. The van der Waals surface area contributed by atoms with E-state index in [0.29, 0.717) is 5.03 Å². The van der Waals surface area contributed by atoms with Gasteiger partial charge in [-0.25, -0.2) is 0 Å². The average molecular weight is 424 g/mol. The van der Waals surface area contributed by atoms with Gasteiger partial charge in [-0.05, 0) is 23.8 Å². The summed E-state index contributed by atoms with van der Waals surface area (Å²) in [5.74, 6) is -0.519. The van der Waals surface area contributed by atoms with E-state index in [2.05, 4.69) is 5.32 Å². The van der Waals surface area contributed by atoms with Crippen LogP contribution < -0.4 is 10.1 Å². The number of carbonyl (C=O) groups is 1. The van der Waals surface area contributed by atoms with E-state index in [9.17, 15) is 28.1 Å². The Hall–Kier alpha value is -3.01. The number of alkyl halides is 3. The predicted octanol–water partition coefficient (Wildman–Crippen LogP) is 4.57. The van der Waals surface area contributed by atoms with Crippen LogP contribution in [0.3, 0.4) is 0 Å². The van der Waals surface area contributed by atoms with Crippen LogP contribution in [-0.2, 0) is 11.0 Å². The number of carbonyl (C=O) groups excluding carboxylic acids is 1. The smallest absolute Gasteiger partial charge is 0.416 e. The Kier molecular flexibility index (Phi) is 5.56. The first-order valence-electron chi connectivity index (χ1n) is 8.30. The predicted molar refractivity (Wildman–Crippen MR) is 102 cm³/mol. The summed E-state index contributed by atoms with van der Waals surface area (Å²) >= 11 is 1.02. The van der Waals surface area contributed by atoms with Crippen molar-refractivity contribution in [3.8, 4) is 5.75 Å². The summed E-state index contributed by atoms with van der Waals surface area (Å²) in [6.45, 7) is 0. The Morgan fingerprint density at radius 3 is 2.48 bits per heavy atom. The lowest BCUT2D eigenvalue weighted by atomic mass is 9.95. The Bertz CT molecular complexity index is 1020. The molecule has 3 rings (SSSR count). The SMILES string of the molecule is CNC1=C(c2cccc(C(F)(F)F)c2)C(=O)C(c2cccc(OC)c2[N+](=O)[O-])S1. The number of ether oxygens (including phenoxy) is 1. The summed E-state index contributed by atoms with van der Waals surface area (Å²) in [7, 11) is 2.81. The average Bonchev–Trinajstić information content (AvgIpc) is 3.02. The van der Waals surface area contributed by atoms with Crippen LogP contribution in [0.15, 0.2) is 47.5 Å². The molecule has 6 nitrogen and oxygen atoms in total. The monoisotopic (exact) mass is 424 g/mol. The van der Waals surface area contributed by atoms with Crippen molar-refractivity contribution < 1.29 is 27.6 Å². The number of nitro benzene ring substituents is 1. The summed E-state index contributed by atoms with van der Waals surface area (Å²) in [4.78, 5) is 24.1. The minimum Gasteiger partial charge on any atom is -0.490 e. The van der Waals surface area contributed by atoms with Crippen LogP contribution in [0.5, 0.6) is 5.75 Å². The summed E-state index contributed by atoms with van der Waals surface area (Å²) in [6, 6.07) is 8.81. The fourth-order valence-corrected chi connectivity index (χ4v) is 4.33. The first kappa shape index (κ1) is 20.7. The molecule has 0 radical (unpaired) electrons. The van der Waals surface area contributed by atoms with Crippen LogP contribution in [0.2, 0.25) is 0 Å². The fourth-order valence-electron chi connectivity index (χ4n) is 3.10. The number of methoxy groups -OCH3 is 1. The Morgan fingerprint density at radius 2 is 1.90 bits per heavy atom. The Balaban J connectivity index is 2.09. The molecule has 2 aromatic carbocycles. The summed E-state index contributed by atoms with van der Waals surface area (Å²) < 4.78 is 44.3. The highest BCUT2D eigenvalue weighted by Crippen LogP contribution is 2.51. The van der Waals surface area contributed by atoms with Crippen LogP contribution in [0, 0.1) is 10.1 Å². The lowest BCUT2D eigenvalue weighted by Crippen LogP contribution is -2.11. The van der Waals surface area contributed by atoms with Gasteiger partial charge in [0.25, 0.3) is 0 Å². The number of allylic oxidation sites excluding steroid dienone is 1. The van der Waals surface area contributed by atoms with Crippen LogP contribution >= 0.6 is 11.8 Å². The van der Waals surface area contributed by atoms with Gasteiger partial charge in [-0.1, -0.05) is 36.0 Å². The van der Waals surface area contributed by atoms with E-state index in [0.717, 1.165) is 23.9 Å². The van der Waals surface area contributed by atoms with E-state index in [1.165, 1.54) is 44.5 Å². The highest BCUT2D eigenvalue weighted by atomic mass is 32.2. The van der Waals surface area contributed by atoms with Crippen molar-refractivity contribution in [1.29, 1.82) is 0 Å². The van der Waals surface area contributed by atoms with E-state index in [4.69, 9.17) is 4.74 Å². The third-order valence-corrected chi connectivity index (χ3v) is 5.72. The molecule has 152 valence electrons. The molecular formula is C19H15F3N2O4S. The lowest BCUT2D eigenvalue weighted by Gasteiger charge is -2.12. The molecule has 0 aromatic heterocycles. The number of ketones is 1. The number of benzene rings is 2. The van der Waals surface area contributed by atoms with Gasteiger partial charge < -0.3 is 10.1 Å². The molecule has 1 aliphatic rings. The van der Waals surface area contributed by atoms with Crippen LogP contribution in [-0.4, -0.2) is 24.9 Å². The van der Waals surface area contributed by atoms with Gasteiger partial charge in [0.2, 0.25) is 0 Å². The number of rotatable bonds is 5. The number of hydrogen-bond donors (Lipinski definition) is 1. The van der Waals surface area contributed by atoms with E-state index < -0.39 is 27.7 Å². The summed E-state index contributed by atoms with van der Waals surface area (Å²) in [5, 5.41) is 13.7. The van der Waals surface area contributed by atoms with Gasteiger partial charge in [0.05, 0.1) is 33.8 Å². The first-order valence-corrected chi connectivity index (χ1v) is 9.18. The minimum atomic E-state index is -4.56. The third kappa shape index (κ3) is 3.80. The van der Waals surface area contributed by atoms with Crippen LogP contribution in [0.1, 0.15) is 21.9 Å². The number of nitrogens with zero attached hydrogens (tertiary/aromatic N) is 1. The Morgan fingerprint density at radius 1 is 1.21 bits per heavy atom. The fraction of sp³-hybridized carbons (Fsp3) is 0.211. The Labute approximate surface area is 167 Å². The molecule has 0 amide bonds. The van der Waals surface area contributed by atoms with Gasteiger partial charge in [0, 0.05) is 7.05 Å². The maximum absolute atomic E-state index is 13.1. The largest absolute Gasteiger partial charge is 0.490 e. The zero-order chi connectivity index (χ0) is 21.3. The quantitative estimate of drug-likeness (QED) is 0.560. The van der Waals surface area contributed by atoms with Crippen molar-refractivity contribution in [2.45, 2.75) is 11.4 Å². The minimum absolute atomic E-state index is 0.000531. The van der Waals surface area contributed by atoms with Gasteiger partial charge in [0.1, 0.15) is 5.25 Å². The third-order valence-electron chi connectivity index (χ3n) is 4.37. The zero-order valence-electron chi connectivity index (χ0n) is 15.2. The van der Waals surface area contributed by atoms with E-state index in [-0.39, 0.29) is 28.1 Å². The van der Waals surface area contributed by atoms with Crippen molar-refractivity contribution in [3.05, 3.63) is 74.3 Å². The van der Waals surface area contributed by atoms with Crippen molar-refractivity contribution in [2.75, 3.05) is 14.2 Å². The van der Waals surface area contributed by atoms with Gasteiger partial charge in [0.15, 0.2) is 11.5 Å². The zero-order valence-corrected chi connectivity index (χ0v) is 16.1. The van der Waals surface area contributed by atoms with Crippen molar-refractivity contribution in [3.63, 3.8) is 0 Å².